The van der Waals surface area contributed by atoms with Crippen molar-refractivity contribution in [3.8, 4) is 0 Å². The fourth-order valence-corrected chi connectivity index (χ4v) is 7.43. The van der Waals surface area contributed by atoms with Gasteiger partial charge in [0.05, 0.1) is 22.5 Å². The third-order valence-corrected chi connectivity index (χ3v) is 8.60. The van der Waals surface area contributed by atoms with E-state index in [2.05, 4.69) is 6.58 Å². The first-order valence-corrected chi connectivity index (χ1v) is 9.41. The van der Waals surface area contributed by atoms with Gasteiger partial charge in [0.15, 0.2) is 5.78 Å². The summed E-state index contributed by atoms with van der Waals surface area (Å²) in [5, 5.41) is 32.9. The topological polar surface area (TPSA) is 94.8 Å². The molecule has 0 aliphatic heterocycles. The highest BCUT2D eigenvalue weighted by atomic mass is 16.4. The molecule has 0 aromatic rings. The van der Waals surface area contributed by atoms with Gasteiger partial charge in [-0.2, -0.15) is 0 Å². The van der Waals surface area contributed by atoms with Gasteiger partial charge in [0.2, 0.25) is 0 Å². The number of carbonyl (C=O) groups is 2. The third-order valence-electron chi connectivity index (χ3n) is 8.60. The van der Waals surface area contributed by atoms with E-state index >= 15 is 0 Å². The molecule has 3 N–H and O–H groups in total. The summed E-state index contributed by atoms with van der Waals surface area (Å²) in [6.45, 7) is 7.58. The van der Waals surface area contributed by atoms with E-state index < -0.39 is 39.8 Å². The molecule has 5 heteroatoms. The summed E-state index contributed by atoms with van der Waals surface area (Å²) in [7, 11) is 0. The number of rotatable bonds is 1. The van der Waals surface area contributed by atoms with Crippen molar-refractivity contribution in [1.82, 2.24) is 0 Å². The molecule has 7 atom stereocenters. The van der Waals surface area contributed by atoms with Crippen molar-refractivity contribution in [1.29, 1.82) is 0 Å². The van der Waals surface area contributed by atoms with Crippen LogP contribution in [-0.4, -0.2) is 38.8 Å². The molecule has 0 unspecified atom stereocenters. The van der Waals surface area contributed by atoms with Gasteiger partial charge < -0.3 is 15.3 Å². The molecule has 0 saturated heterocycles. The smallest absolute Gasteiger partial charge is 0.309 e. The molecule has 4 aliphatic carbocycles. The second kappa shape index (κ2) is 4.74. The highest BCUT2D eigenvalue weighted by Crippen LogP contribution is 2.72. The molecule has 5 nitrogen and oxygen atoms in total. The van der Waals surface area contributed by atoms with Crippen LogP contribution in [0, 0.1) is 28.1 Å². The lowest BCUT2D eigenvalue weighted by Crippen LogP contribution is -2.73. The lowest BCUT2D eigenvalue weighted by molar-refractivity contribution is -0.280. The predicted molar refractivity (Wildman–Crippen MR) is 90.7 cm³/mol. The van der Waals surface area contributed by atoms with Crippen molar-refractivity contribution in [2.75, 3.05) is 0 Å². The van der Waals surface area contributed by atoms with Crippen LogP contribution in [0.3, 0.4) is 0 Å². The number of Topliss-reactive ketones (excluding diaryl/α,β-unsaturated/α-hetero) is 1. The lowest BCUT2D eigenvalue weighted by Gasteiger charge is -2.67. The maximum Gasteiger partial charge on any atom is 0.309 e. The minimum atomic E-state index is -1.27. The van der Waals surface area contributed by atoms with Crippen LogP contribution >= 0.6 is 0 Å². The summed E-state index contributed by atoms with van der Waals surface area (Å²) >= 11 is 0. The molecule has 138 valence electrons. The van der Waals surface area contributed by atoms with Crippen LogP contribution in [0.5, 0.6) is 0 Å². The number of allylic oxidation sites excluding steroid dienone is 1. The van der Waals surface area contributed by atoms with Crippen molar-refractivity contribution in [3.63, 3.8) is 0 Å². The number of aliphatic hydroxyl groups excluding tert-OH is 1. The zero-order valence-corrected chi connectivity index (χ0v) is 15.0. The van der Waals surface area contributed by atoms with E-state index in [1.165, 1.54) is 0 Å². The van der Waals surface area contributed by atoms with Crippen LogP contribution in [-0.2, 0) is 9.59 Å². The zero-order valence-electron chi connectivity index (χ0n) is 15.0. The number of hydrogen-bond donors (Lipinski definition) is 3. The Morgan fingerprint density at radius 1 is 1.20 bits per heavy atom. The number of carboxylic acid groups (broad SMARTS) is 1. The Morgan fingerprint density at radius 3 is 2.52 bits per heavy atom. The SMILES string of the molecule is C=C1C(=O)[C@]23C[C@@H]1CC[C@@]2(O)[C@]1(C)CCC[C@@](C)(C(=O)O)[C@H]1[C@H](O)C3. The third kappa shape index (κ3) is 1.67. The first-order valence-electron chi connectivity index (χ1n) is 9.41. The van der Waals surface area contributed by atoms with Gasteiger partial charge in [-0.15, -0.1) is 0 Å². The minimum Gasteiger partial charge on any atom is -0.481 e. The molecular formula is C20H28O5. The Hall–Kier alpha value is -1.20. The second-order valence-electron chi connectivity index (χ2n) is 9.48. The van der Waals surface area contributed by atoms with E-state index in [1.54, 1.807) is 6.92 Å². The number of ketones is 1. The summed E-state index contributed by atoms with van der Waals surface area (Å²) in [6, 6.07) is 0. The summed E-state index contributed by atoms with van der Waals surface area (Å²) in [5.41, 5.74) is -3.55. The number of aliphatic carboxylic acids is 1. The molecule has 0 aromatic carbocycles. The number of carboxylic acids is 1. The van der Waals surface area contributed by atoms with Crippen molar-refractivity contribution >= 4 is 11.8 Å². The minimum absolute atomic E-state index is 0.0922. The van der Waals surface area contributed by atoms with Crippen LogP contribution in [0.4, 0.5) is 0 Å². The monoisotopic (exact) mass is 348 g/mol. The van der Waals surface area contributed by atoms with Crippen molar-refractivity contribution in [2.24, 2.45) is 28.1 Å². The van der Waals surface area contributed by atoms with Crippen LogP contribution in [0.25, 0.3) is 0 Å². The first-order chi connectivity index (χ1) is 11.5. The molecule has 1 spiro atoms. The highest BCUT2D eigenvalue weighted by Gasteiger charge is 2.77. The van der Waals surface area contributed by atoms with E-state index in [9.17, 15) is 24.9 Å². The molecule has 4 rings (SSSR count). The molecule has 2 bridgehead atoms. The molecule has 4 saturated carbocycles. The van der Waals surface area contributed by atoms with Crippen LogP contribution in [0.1, 0.15) is 58.8 Å². The zero-order chi connectivity index (χ0) is 18.4. The summed E-state index contributed by atoms with van der Waals surface area (Å²) < 4.78 is 0. The summed E-state index contributed by atoms with van der Waals surface area (Å²) in [5.74, 6) is -1.48. The van der Waals surface area contributed by atoms with Crippen LogP contribution in [0.2, 0.25) is 0 Å². The van der Waals surface area contributed by atoms with E-state index in [0.717, 1.165) is 0 Å². The van der Waals surface area contributed by atoms with Gasteiger partial charge in [0.1, 0.15) is 0 Å². The molecule has 0 heterocycles. The van der Waals surface area contributed by atoms with E-state index in [1.807, 2.05) is 6.92 Å². The van der Waals surface area contributed by atoms with Gasteiger partial charge in [-0.25, -0.2) is 0 Å². The molecule has 0 amide bonds. The molecule has 4 aliphatic rings. The van der Waals surface area contributed by atoms with Crippen LogP contribution < -0.4 is 0 Å². The van der Waals surface area contributed by atoms with Crippen molar-refractivity contribution < 1.29 is 24.9 Å². The van der Waals surface area contributed by atoms with E-state index in [4.69, 9.17) is 0 Å². The molecule has 0 radical (unpaired) electrons. The quantitative estimate of drug-likeness (QED) is 0.632. The maximum atomic E-state index is 13.1. The van der Waals surface area contributed by atoms with Gasteiger partial charge in [-0.1, -0.05) is 19.9 Å². The fraction of sp³-hybridized carbons (Fsp3) is 0.800. The van der Waals surface area contributed by atoms with E-state index in [-0.39, 0.29) is 18.1 Å². The Kier molecular flexibility index (Phi) is 3.27. The molecule has 25 heavy (non-hydrogen) atoms. The predicted octanol–water partition coefficient (Wildman–Crippen LogP) is 2.30. The molecule has 0 aromatic heterocycles. The summed E-state index contributed by atoms with van der Waals surface area (Å²) in [6.07, 6.45) is 2.81. The Morgan fingerprint density at radius 2 is 1.88 bits per heavy atom. The highest BCUT2D eigenvalue weighted by molar-refractivity contribution is 6.04. The van der Waals surface area contributed by atoms with Crippen LogP contribution in [0.15, 0.2) is 12.2 Å². The number of hydrogen-bond acceptors (Lipinski definition) is 4. The van der Waals surface area contributed by atoms with Gasteiger partial charge in [0, 0.05) is 11.3 Å². The maximum absolute atomic E-state index is 13.1. The number of carbonyl (C=O) groups excluding carboxylic acids is 1. The number of fused-ring (bicyclic) bond motifs is 3. The Labute approximate surface area is 148 Å². The average Bonchev–Trinajstić information content (AvgIpc) is 2.73. The van der Waals surface area contributed by atoms with E-state index in [0.29, 0.717) is 44.1 Å². The fourth-order valence-electron chi connectivity index (χ4n) is 7.43. The number of aliphatic hydroxyl groups is 2. The molecule has 4 fully saturated rings. The van der Waals surface area contributed by atoms with Crippen molar-refractivity contribution in [3.05, 3.63) is 12.2 Å². The van der Waals surface area contributed by atoms with Gasteiger partial charge >= 0.3 is 5.97 Å². The first kappa shape index (κ1) is 17.2. The van der Waals surface area contributed by atoms with Crippen molar-refractivity contribution in [2.45, 2.75) is 70.5 Å². The van der Waals surface area contributed by atoms with Gasteiger partial charge in [-0.05, 0) is 56.9 Å². The van der Waals surface area contributed by atoms with Gasteiger partial charge in [0.25, 0.3) is 0 Å². The summed E-state index contributed by atoms with van der Waals surface area (Å²) in [4.78, 5) is 25.2. The molecular weight excluding hydrogens is 320 g/mol. The standard InChI is InChI=1S/C20H28O5/c1-11-12-5-8-20(25)18(3)7-4-6-17(2,16(23)24)14(18)13(21)10-19(20,9-12)15(11)22/h12-14,21,25H,1,4-10H2,2-3H3,(H,23,24)/t12-,13+,14+,17+,18+,19+,20+/m0/s1. The average molecular weight is 348 g/mol. The lowest BCUT2D eigenvalue weighted by atomic mass is 9.38. The normalized spacial score (nSPS) is 54.8. The van der Waals surface area contributed by atoms with Gasteiger partial charge in [-0.3, -0.25) is 9.59 Å². The largest absolute Gasteiger partial charge is 0.481 e. The second-order valence-corrected chi connectivity index (χ2v) is 9.48. The Bertz CT molecular complexity index is 686. The Balaban J connectivity index is 1.91.